The van der Waals surface area contributed by atoms with Crippen LogP contribution in [0.1, 0.15) is 64.9 Å². The van der Waals surface area contributed by atoms with Crippen LogP contribution in [0.25, 0.3) is 6.08 Å². The largest absolute Gasteiger partial charge is 0.497 e. The molecule has 3 nitrogen and oxygen atoms in total. The fraction of sp³-hybridized carbons (Fsp3) is 0.667. The second-order valence-corrected chi connectivity index (χ2v) is 11.1. The molecule has 0 amide bonds. The molecule has 3 fully saturated rings. The maximum atomic E-state index is 11.8. The molecule has 3 aliphatic rings. The van der Waals surface area contributed by atoms with Gasteiger partial charge in [0.05, 0.1) is 19.8 Å². The lowest BCUT2D eigenvalue weighted by Crippen LogP contribution is -2.52. The Morgan fingerprint density at radius 2 is 1.86 bits per heavy atom. The first kappa shape index (κ1) is 20.3. The lowest BCUT2D eigenvalue weighted by molar-refractivity contribution is -0.0989. The third-order valence-corrected chi connectivity index (χ3v) is 8.75. The zero-order valence-electron chi connectivity index (χ0n) is 17.8. The van der Waals surface area contributed by atoms with E-state index in [4.69, 9.17) is 9.47 Å². The van der Waals surface area contributed by atoms with Crippen LogP contribution < -0.4 is 9.47 Å². The maximum Gasteiger partial charge on any atom is 0.130 e. The molecule has 1 aromatic rings. The molecule has 4 atom stereocenters. The third-order valence-electron chi connectivity index (χ3n) is 8.10. The first-order valence-electron chi connectivity index (χ1n) is 10.5. The molecule has 1 N–H and O–H groups in total. The average molecular weight is 449 g/mol. The Morgan fingerprint density at radius 1 is 1.11 bits per heavy atom. The van der Waals surface area contributed by atoms with Crippen LogP contribution in [-0.4, -0.2) is 24.9 Å². The number of aliphatic hydroxyl groups is 1. The molecule has 4 rings (SSSR count). The van der Waals surface area contributed by atoms with Crippen molar-refractivity contribution in [2.75, 3.05) is 14.2 Å². The Balaban J connectivity index is 1.72. The van der Waals surface area contributed by atoms with Crippen molar-refractivity contribution in [3.63, 3.8) is 0 Å². The van der Waals surface area contributed by atoms with Gasteiger partial charge in [-0.25, -0.2) is 0 Å². The summed E-state index contributed by atoms with van der Waals surface area (Å²) in [7, 11) is 3.34. The number of benzene rings is 1. The smallest absolute Gasteiger partial charge is 0.130 e. The van der Waals surface area contributed by atoms with E-state index in [0.29, 0.717) is 5.41 Å². The van der Waals surface area contributed by atoms with Gasteiger partial charge in [-0.05, 0) is 94.8 Å². The Morgan fingerprint density at radius 3 is 2.50 bits per heavy atom. The standard InChI is InChI=1S/C24H33BrO3/c1-22(2)13-19-18(22)7-9-24(26)14-23(19,3)8-6-15(24)10-17-20(25)11-16(27-4)12-21(17)28-5/h10-12,18-19,26H,6-9,13-14H2,1-5H3/b15-10+/t18-,19+,23+,24-/m1/s1. The number of rotatable bonds is 3. The highest BCUT2D eigenvalue weighted by molar-refractivity contribution is 9.10. The Kier molecular flexibility index (Phi) is 4.90. The Bertz CT molecular complexity index is 814. The predicted molar refractivity (Wildman–Crippen MR) is 117 cm³/mol. The molecule has 154 valence electrons. The van der Waals surface area contributed by atoms with E-state index in [1.165, 1.54) is 6.42 Å². The molecular formula is C24H33BrO3. The van der Waals surface area contributed by atoms with Crippen LogP contribution in [0.2, 0.25) is 0 Å². The minimum absolute atomic E-state index is 0.254. The average Bonchev–Trinajstić information content (AvgIpc) is 2.70. The summed E-state index contributed by atoms with van der Waals surface area (Å²) in [6.07, 6.45) is 8.48. The summed E-state index contributed by atoms with van der Waals surface area (Å²) in [6, 6.07) is 3.87. The maximum absolute atomic E-state index is 11.8. The van der Waals surface area contributed by atoms with Crippen LogP contribution in [0.4, 0.5) is 0 Å². The molecule has 3 saturated carbocycles. The number of hydrogen-bond donors (Lipinski definition) is 1. The van der Waals surface area contributed by atoms with Crippen molar-refractivity contribution in [1.29, 1.82) is 0 Å². The molecule has 2 bridgehead atoms. The van der Waals surface area contributed by atoms with E-state index in [9.17, 15) is 5.11 Å². The lowest BCUT2D eigenvalue weighted by atomic mass is 9.46. The molecule has 3 aliphatic carbocycles. The third kappa shape index (κ3) is 3.11. The molecule has 0 spiro atoms. The van der Waals surface area contributed by atoms with Gasteiger partial charge in [-0.3, -0.25) is 0 Å². The minimum atomic E-state index is -0.704. The summed E-state index contributed by atoms with van der Waals surface area (Å²) in [5, 5.41) is 11.8. The normalized spacial score (nSPS) is 37.6. The summed E-state index contributed by atoms with van der Waals surface area (Å²) in [5.41, 5.74) is 2.12. The van der Waals surface area contributed by atoms with Crippen LogP contribution in [0, 0.1) is 22.7 Å². The van der Waals surface area contributed by atoms with Crippen molar-refractivity contribution in [2.45, 2.75) is 64.9 Å². The van der Waals surface area contributed by atoms with Gasteiger partial charge < -0.3 is 14.6 Å². The lowest BCUT2D eigenvalue weighted by Gasteiger charge is -2.59. The quantitative estimate of drug-likeness (QED) is 0.595. The highest BCUT2D eigenvalue weighted by Gasteiger charge is 2.60. The summed E-state index contributed by atoms with van der Waals surface area (Å²) >= 11 is 3.68. The zero-order valence-corrected chi connectivity index (χ0v) is 19.4. The first-order valence-corrected chi connectivity index (χ1v) is 11.3. The van der Waals surface area contributed by atoms with Crippen LogP contribution in [-0.2, 0) is 0 Å². The Hall–Kier alpha value is -1.00. The van der Waals surface area contributed by atoms with E-state index in [1.54, 1.807) is 14.2 Å². The SMILES string of the molecule is COc1cc(Br)c(/C=C2\CC[C@@]3(C)C[C@]2(O)CC[C@@H]2[C@@H]3CC2(C)C)c(OC)c1. The number of methoxy groups -OCH3 is 2. The molecular weight excluding hydrogens is 416 g/mol. The van der Waals surface area contributed by atoms with Gasteiger partial charge >= 0.3 is 0 Å². The second-order valence-electron chi connectivity index (χ2n) is 10.2. The van der Waals surface area contributed by atoms with Gasteiger partial charge in [0.2, 0.25) is 0 Å². The van der Waals surface area contributed by atoms with Crippen molar-refractivity contribution in [3.8, 4) is 11.5 Å². The predicted octanol–water partition coefficient (Wildman–Crippen LogP) is 6.23. The van der Waals surface area contributed by atoms with Gasteiger partial charge in [0.25, 0.3) is 0 Å². The highest BCUT2D eigenvalue weighted by Crippen LogP contribution is 2.67. The monoisotopic (exact) mass is 448 g/mol. The van der Waals surface area contributed by atoms with Gasteiger partial charge in [0.15, 0.2) is 0 Å². The van der Waals surface area contributed by atoms with Crippen molar-refractivity contribution in [1.82, 2.24) is 0 Å². The molecule has 28 heavy (non-hydrogen) atoms. The second kappa shape index (κ2) is 6.77. The van der Waals surface area contributed by atoms with Gasteiger partial charge in [0.1, 0.15) is 11.5 Å². The Labute approximate surface area is 177 Å². The van der Waals surface area contributed by atoms with E-state index in [2.05, 4.69) is 42.8 Å². The number of halogens is 1. The molecule has 4 heteroatoms. The molecule has 0 heterocycles. The fourth-order valence-corrected chi connectivity index (χ4v) is 6.96. The van der Waals surface area contributed by atoms with Crippen LogP contribution in [0.5, 0.6) is 11.5 Å². The van der Waals surface area contributed by atoms with Gasteiger partial charge in [-0.2, -0.15) is 0 Å². The van der Waals surface area contributed by atoms with E-state index >= 15 is 0 Å². The molecule has 0 saturated heterocycles. The van der Waals surface area contributed by atoms with Gasteiger partial charge in [0, 0.05) is 16.1 Å². The molecule has 0 unspecified atom stereocenters. The van der Waals surface area contributed by atoms with Crippen molar-refractivity contribution >= 4 is 22.0 Å². The number of ether oxygens (including phenoxy) is 2. The van der Waals surface area contributed by atoms with Crippen molar-refractivity contribution < 1.29 is 14.6 Å². The van der Waals surface area contributed by atoms with Crippen molar-refractivity contribution in [3.05, 3.63) is 27.7 Å². The summed E-state index contributed by atoms with van der Waals surface area (Å²) in [6.45, 7) is 7.25. The summed E-state index contributed by atoms with van der Waals surface area (Å²) in [5.74, 6) is 3.04. The minimum Gasteiger partial charge on any atom is -0.497 e. The van der Waals surface area contributed by atoms with E-state index in [0.717, 1.165) is 71.0 Å². The summed E-state index contributed by atoms with van der Waals surface area (Å²) < 4.78 is 11.9. The topological polar surface area (TPSA) is 38.7 Å². The van der Waals surface area contributed by atoms with Crippen LogP contribution in [0.15, 0.2) is 22.2 Å². The van der Waals surface area contributed by atoms with Gasteiger partial charge in [-0.15, -0.1) is 0 Å². The van der Waals surface area contributed by atoms with Crippen LogP contribution >= 0.6 is 15.9 Å². The van der Waals surface area contributed by atoms with E-state index in [-0.39, 0.29) is 5.41 Å². The number of hydrogen-bond acceptors (Lipinski definition) is 3. The van der Waals surface area contributed by atoms with E-state index < -0.39 is 5.60 Å². The fourth-order valence-electron chi connectivity index (χ4n) is 6.43. The highest BCUT2D eigenvalue weighted by atomic mass is 79.9. The van der Waals surface area contributed by atoms with Crippen LogP contribution in [0.3, 0.4) is 0 Å². The van der Waals surface area contributed by atoms with E-state index in [1.807, 2.05) is 12.1 Å². The molecule has 1 aromatic carbocycles. The van der Waals surface area contributed by atoms with Gasteiger partial charge in [-0.1, -0.05) is 20.8 Å². The molecule has 0 aliphatic heterocycles. The summed E-state index contributed by atoms with van der Waals surface area (Å²) in [4.78, 5) is 0. The van der Waals surface area contributed by atoms with Crippen molar-refractivity contribution in [2.24, 2.45) is 22.7 Å². The number of fused-ring (bicyclic) bond motifs is 4. The molecule has 0 radical (unpaired) electrons. The zero-order chi connectivity index (χ0) is 20.3. The molecule has 0 aromatic heterocycles. The first-order chi connectivity index (χ1) is 13.1.